The Morgan fingerprint density at radius 2 is 1.79 bits per heavy atom. The lowest BCUT2D eigenvalue weighted by Gasteiger charge is -2.32. The van der Waals surface area contributed by atoms with Crippen molar-refractivity contribution in [2.24, 2.45) is 0 Å². The van der Waals surface area contributed by atoms with Gasteiger partial charge in [0.1, 0.15) is 6.04 Å². The fourth-order valence-corrected chi connectivity index (χ4v) is 4.65. The molecule has 0 amide bonds. The van der Waals surface area contributed by atoms with Gasteiger partial charge < -0.3 is 5.32 Å². The molecule has 1 unspecified atom stereocenters. The van der Waals surface area contributed by atoms with Crippen molar-refractivity contribution >= 4 is 23.5 Å². The summed E-state index contributed by atoms with van der Waals surface area (Å²) in [6.45, 7) is 0. The van der Waals surface area contributed by atoms with E-state index in [-0.39, 0.29) is 11.8 Å². The van der Waals surface area contributed by atoms with Crippen LogP contribution in [0.25, 0.3) is 0 Å². The Bertz CT molecular complexity index is 1040. The average Bonchev–Trinajstić information content (AvgIpc) is 3.15. The molecular weight excluding hydrogens is 368 g/mol. The first kappa shape index (κ1) is 17.3. The SMILES string of the molecule is O=C1CCCC2=C1C(c1ccccc1)n1nc(SCc3ccccc3)nc1N2. The fourth-order valence-electron chi connectivity index (χ4n) is 3.86. The second-order valence-corrected chi connectivity index (χ2v) is 7.99. The number of anilines is 1. The lowest BCUT2D eigenvalue weighted by molar-refractivity contribution is -0.116. The number of fused-ring (bicyclic) bond motifs is 1. The molecule has 1 aliphatic heterocycles. The third-order valence-corrected chi connectivity index (χ3v) is 6.08. The summed E-state index contributed by atoms with van der Waals surface area (Å²) >= 11 is 1.61. The summed E-state index contributed by atoms with van der Waals surface area (Å²) in [4.78, 5) is 17.5. The van der Waals surface area contributed by atoms with Crippen LogP contribution in [-0.4, -0.2) is 20.5 Å². The molecular formula is C22H20N4OS. The maximum atomic E-state index is 12.8. The molecule has 2 aromatic carbocycles. The van der Waals surface area contributed by atoms with E-state index in [9.17, 15) is 4.79 Å². The number of hydrogen-bond acceptors (Lipinski definition) is 5. The number of carbonyl (C=O) groups excluding carboxylic acids is 1. The first-order valence-corrected chi connectivity index (χ1v) is 10.5. The molecule has 0 saturated heterocycles. The van der Waals surface area contributed by atoms with E-state index in [1.165, 1.54) is 5.56 Å². The summed E-state index contributed by atoms with van der Waals surface area (Å²) in [6, 6.07) is 20.2. The summed E-state index contributed by atoms with van der Waals surface area (Å²) in [5.41, 5.74) is 4.15. The number of aromatic nitrogens is 3. The van der Waals surface area contributed by atoms with Crippen molar-refractivity contribution in [1.82, 2.24) is 14.8 Å². The first-order valence-electron chi connectivity index (χ1n) is 9.51. The highest BCUT2D eigenvalue weighted by molar-refractivity contribution is 7.98. The van der Waals surface area contributed by atoms with Crippen LogP contribution in [0.2, 0.25) is 0 Å². The molecule has 140 valence electrons. The highest BCUT2D eigenvalue weighted by atomic mass is 32.2. The van der Waals surface area contributed by atoms with Gasteiger partial charge in [-0.15, -0.1) is 5.10 Å². The Labute approximate surface area is 167 Å². The molecule has 2 aliphatic rings. The minimum atomic E-state index is -0.209. The second-order valence-electron chi connectivity index (χ2n) is 7.04. The molecule has 3 aromatic rings. The topological polar surface area (TPSA) is 59.8 Å². The fraction of sp³-hybridized carbons (Fsp3) is 0.227. The number of carbonyl (C=O) groups is 1. The Kier molecular flexibility index (Phi) is 4.49. The van der Waals surface area contributed by atoms with Gasteiger partial charge in [0.25, 0.3) is 0 Å². The van der Waals surface area contributed by atoms with E-state index in [1.54, 1.807) is 11.8 Å². The van der Waals surface area contributed by atoms with Gasteiger partial charge in [-0.1, -0.05) is 72.4 Å². The summed E-state index contributed by atoms with van der Waals surface area (Å²) in [6.07, 6.45) is 2.36. The van der Waals surface area contributed by atoms with E-state index in [0.717, 1.165) is 46.5 Å². The van der Waals surface area contributed by atoms with Crippen LogP contribution in [0.15, 0.2) is 77.1 Å². The first-order chi connectivity index (χ1) is 13.8. The molecule has 5 nitrogen and oxygen atoms in total. The number of allylic oxidation sites excluding steroid dienone is 2. The van der Waals surface area contributed by atoms with Gasteiger partial charge in [-0.3, -0.25) is 4.79 Å². The van der Waals surface area contributed by atoms with Crippen molar-refractivity contribution in [2.75, 3.05) is 5.32 Å². The van der Waals surface area contributed by atoms with Crippen molar-refractivity contribution in [3.8, 4) is 0 Å². The highest BCUT2D eigenvalue weighted by Crippen LogP contribution is 2.40. The summed E-state index contributed by atoms with van der Waals surface area (Å²) < 4.78 is 1.88. The molecule has 2 heterocycles. The molecule has 0 spiro atoms. The number of benzene rings is 2. The Morgan fingerprint density at radius 3 is 2.57 bits per heavy atom. The predicted octanol–water partition coefficient (Wildman–Crippen LogP) is 4.59. The standard InChI is InChI=1S/C22H20N4OS/c27-18-13-7-12-17-19(18)20(16-10-5-2-6-11-16)26-21(23-17)24-22(25-26)28-14-15-8-3-1-4-9-15/h1-6,8-11,20H,7,12-14H2,(H,23,24,25). The molecule has 1 aliphatic carbocycles. The normalized spacial score (nSPS) is 18.4. The van der Waals surface area contributed by atoms with Crippen LogP contribution < -0.4 is 5.32 Å². The monoisotopic (exact) mass is 388 g/mol. The van der Waals surface area contributed by atoms with Crippen molar-refractivity contribution in [1.29, 1.82) is 0 Å². The quantitative estimate of drug-likeness (QED) is 0.662. The van der Waals surface area contributed by atoms with Crippen molar-refractivity contribution in [3.05, 3.63) is 83.1 Å². The molecule has 0 bridgehead atoms. The average molecular weight is 388 g/mol. The van der Waals surface area contributed by atoms with Gasteiger partial charge in [0.05, 0.1) is 0 Å². The zero-order valence-electron chi connectivity index (χ0n) is 15.3. The predicted molar refractivity (Wildman–Crippen MR) is 110 cm³/mol. The smallest absolute Gasteiger partial charge is 0.227 e. The minimum Gasteiger partial charge on any atom is -0.328 e. The lowest BCUT2D eigenvalue weighted by Crippen LogP contribution is -2.31. The number of nitrogens with one attached hydrogen (secondary N) is 1. The van der Waals surface area contributed by atoms with E-state index in [0.29, 0.717) is 6.42 Å². The van der Waals surface area contributed by atoms with Crippen LogP contribution in [0.3, 0.4) is 0 Å². The Morgan fingerprint density at radius 1 is 1.04 bits per heavy atom. The number of ketones is 1. The third kappa shape index (κ3) is 3.14. The van der Waals surface area contributed by atoms with E-state index in [4.69, 9.17) is 10.1 Å². The van der Waals surface area contributed by atoms with Crippen LogP contribution in [0.4, 0.5) is 5.95 Å². The van der Waals surface area contributed by atoms with Crippen LogP contribution in [-0.2, 0) is 10.5 Å². The lowest BCUT2D eigenvalue weighted by atomic mass is 9.85. The van der Waals surface area contributed by atoms with Crippen molar-refractivity contribution in [3.63, 3.8) is 0 Å². The van der Waals surface area contributed by atoms with E-state index in [2.05, 4.69) is 29.6 Å². The number of rotatable bonds is 4. The third-order valence-electron chi connectivity index (χ3n) is 5.17. The highest BCUT2D eigenvalue weighted by Gasteiger charge is 2.36. The summed E-state index contributed by atoms with van der Waals surface area (Å²) in [5.74, 6) is 1.74. The maximum Gasteiger partial charge on any atom is 0.227 e. The van der Waals surface area contributed by atoms with Gasteiger partial charge in [0.2, 0.25) is 11.1 Å². The second kappa shape index (κ2) is 7.28. The largest absolute Gasteiger partial charge is 0.328 e. The van der Waals surface area contributed by atoms with Crippen LogP contribution in [0.5, 0.6) is 0 Å². The molecule has 0 radical (unpaired) electrons. The molecule has 1 aromatic heterocycles. The number of nitrogens with zero attached hydrogens (tertiary/aromatic N) is 3. The Hall–Kier alpha value is -2.86. The number of Topliss-reactive ketones (excluding diaryl/α,β-unsaturated/α-hetero) is 1. The van der Waals surface area contributed by atoms with E-state index in [1.807, 2.05) is 41.1 Å². The summed E-state index contributed by atoms with van der Waals surface area (Å²) in [7, 11) is 0. The van der Waals surface area contributed by atoms with Gasteiger partial charge in [-0.2, -0.15) is 4.98 Å². The van der Waals surface area contributed by atoms with Crippen molar-refractivity contribution in [2.45, 2.75) is 36.2 Å². The molecule has 28 heavy (non-hydrogen) atoms. The van der Waals surface area contributed by atoms with Crippen molar-refractivity contribution < 1.29 is 4.79 Å². The molecule has 0 fully saturated rings. The van der Waals surface area contributed by atoms with Crippen LogP contribution in [0.1, 0.15) is 36.4 Å². The van der Waals surface area contributed by atoms with E-state index < -0.39 is 0 Å². The molecule has 1 N–H and O–H groups in total. The zero-order chi connectivity index (χ0) is 18.9. The molecule has 5 rings (SSSR count). The van der Waals surface area contributed by atoms with Gasteiger partial charge in [0.15, 0.2) is 5.78 Å². The van der Waals surface area contributed by atoms with Gasteiger partial charge in [0, 0.05) is 23.4 Å². The zero-order valence-corrected chi connectivity index (χ0v) is 16.2. The molecule has 1 atom stereocenters. The van der Waals surface area contributed by atoms with E-state index >= 15 is 0 Å². The summed E-state index contributed by atoms with van der Waals surface area (Å²) in [5, 5.41) is 8.87. The van der Waals surface area contributed by atoms with Gasteiger partial charge in [-0.05, 0) is 24.0 Å². The van der Waals surface area contributed by atoms with Gasteiger partial charge >= 0.3 is 0 Å². The van der Waals surface area contributed by atoms with Gasteiger partial charge in [-0.25, -0.2) is 4.68 Å². The molecule has 6 heteroatoms. The minimum absolute atomic E-state index is 0.209. The van der Waals surface area contributed by atoms with Crippen LogP contribution in [0, 0.1) is 0 Å². The Balaban J connectivity index is 1.51. The number of thioether (sulfide) groups is 1. The van der Waals surface area contributed by atoms with Crippen LogP contribution >= 0.6 is 11.8 Å². The number of hydrogen-bond donors (Lipinski definition) is 1. The molecule has 0 saturated carbocycles. The maximum absolute atomic E-state index is 12.8.